The molecule has 1 aromatic carbocycles. The summed E-state index contributed by atoms with van der Waals surface area (Å²) in [5.74, 6) is 0.174. The van der Waals surface area contributed by atoms with Crippen molar-refractivity contribution in [1.29, 1.82) is 0 Å². The minimum Gasteiger partial charge on any atom is -0.355 e. The van der Waals surface area contributed by atoms with Gasteiger partial charge in [0, 0.05) is 12.7 Å². The maximum Gasteiger partial charge on any atom is 0.240 e. The smallest absolute Gasteiger partial charge is 0.240 e. The highest BCUT2D eigenvalue weighted by Gasteiger charge is 2.25. The molecule has 0 bridgehead atoms. The average Bonchev–Trinajstić information content (AvgIpc) is 3.06. The van der Waals surface area contributed by atoms with Gasteiger partial charge in [0.15, 0.2) is 0 Å². The number of likely N-dealkylation sites (tertiary alicyclic amines) is 1. The topological polar surface area (TPSA) is 57.6 Å². The van der Waals surface area contributed by atoms with Crippen LogP contribution in [0.2, 0.25) is 0 Å². The zero-order chi connectivity index (χ0) is 20.8. The first-order chi connectivity index (χ1) is 14.7. The Morgan fingerprint density at radius 2 is 1.77 bits per heavy atom. The number of para-hydroxylation sites is 2. The van der Waals surface area contributed by atoms with Gasteiger partial charge in [0.2, 0.25) is 11.8 Å². The number of anilines is 1. The van der Waals surface area contributed by atoms with Gasteiger partial charge in [0.05, 0.1) is 22.2 Å². The lowest BCUT2D eigenvalue weighted by Crippen LogP contribution is -2.43. The average molecular weight is 427 g/mol. The van der Waals surface area contributed by atoms with Crippen LogP contribution in [0.4, 0.5) is 5.69 Å². The van der Waals surface area contributed by atoms with E-state index >= 15 is 0 Å². The van der Waals surface area contributed by atoms with E-state index in [0.29, 0.717) is 12.3 Å². The van der Waals surface area contributed by atoms with Crippen molar-refractivity contribution in [1.82, 2.24) is 14.8 Å². The van der Waals surface area contributed by atoms with Gasteiger partial charge < -0.3 is 19.7 Å². The Hall–Kier alpha value is -2.25. The molecule has 30 heavy (non-hydrogen) atoms. The first-order valence-electron chi connectivity index (χ1n) is 10.9. The van der Waals surface area contributed by atoms with Gasteiger partial charge in [-0.15, -0.1) is 0 Å². The predicted octanol–water partition coefficient (Wildman–Crippen LogP) is 3.30. The lowest BCUT2D eigenvalue weighted by Gasteiger charge is -2.27. The van der Waals surface area contributed by atoms with Gasteiger partial charge >= 0.3 is 0 Å². The molecule has 0 saturated carbocycles. The summed E-state index contributed by atoms with van der Waals surface area (Å²) in [6.07, 6.45) is 8.17. The van der Waals surface area contributed by atoms with E-state index < -0.39 is 0 Å². The van der Waals surface area contributed by atoms with E-state index in [0.717, 1.165) is 29.4 Å². The number of fused-ring (bicyclic) bond motifs is 3. The fourth-order valence-electron chi connectivity index (χ4n) is 4.19. The number of nitrogens with zero attached hydrogens (tertiary/aromatic N) is 3. The molecule has 2 aromatic rings. The number of benzene rings is 1. The number of thioether (sulfide) groups is 1. The molecule has 2 aliphatic rings. The Labute approximate surface area is 182 Å². The van der Waals surface area contributed by atoms with E-state index in [4.69, 9.17) is 0 Å². The molecule has 2 aliphatic heterocycles. The van der Waals surface area contributed by atoms with Crippen LogP contribution >= 0.6 is 11.8 Å². The number of rotatable bonds is 6. The number of amides is 2. The molecule has 160 valence electrons. The molecule has 4 rings (SSSR count). The second-order valence-corrected chi connectivity index (χ2v) is 8.93. The van der Waals surface area contributed by atoms with Crippen molar-refractivity contribution in [2.24, 2.45) is 0 Å². The number of nitrogens with one attached hydrogen (secondary N) is 1. The second-order valence-electron chi connectivity index (χ2n) is 7.93. The van der Waals surface area contributed by atoms with Gasteiger partial charge in [0.1, 0.15) is 6.54 Å². The van der Waals surface area contributed by atoms with Crippen molar-refractivity contribution in [3.05, 3.63) is 42.6 Å². The zero-order valence-corrected chi connectivity index (χ0v) is 18.2. The molecule has 0 aliphatic carbocycles. The Kier molecular flexibility index (Phi) is 7.12. The minimum absolute atomic E-state index is 0.0420. The monoisotopic (exact) mass is 426 g/mol. The minimum atomic E-state index is -0.104. The highest BCUT2D eigenvalue weighted by molar-refractivity contribution is 7.99. The Morgan fingerprint density at radius 1 is 1.00 bits per heavy atom. The Morgan fingerprint density at radius 3 is 2.57 bits per heavy atom. The van der Waals surface area contributed by atoms with E-state index in [-0.39, 0.29) is 18.4 Å². The van der Waals surface area contributed by atoms with Crippen LogP contribution in [0.1, 0.15) is 32.1 Å². The molecule has 6 nitrogen and oxygen atoms in total. The third-order valence-electron chi connectivity index (χ3n) is 5.76. The first-order valence-corrected chi connectivity index (χ1v) is 11.9. The van der Waals surface area contributed by atoms with Crippen LogP contribution in [-0.4, -0.2) is 59.8 Å². The van der Waals surface area contributed by atoms with Gasteiger partial charge in [-0.2, -0.15) is 0 Å². The van der Waals surface area contributed by atoms with E-state index in [2.05, 4.69) is 14.8 Å². The Bertz CT molecular complexity index is 874. The molecule has 2 amide bonds. The van der Waals surface area contributed by atoms with Crippen LogP contribution in [0.3, 0.4) is 0 Å². The molecule has 1 N–H and O–H groups in total. The molecule has 3 heterocycles. The summed E-state index contributed by atoms with van der Waals surface area (Å²) in [5.41, 5.74) is 1.70. The van der Waals surface area contributed by atoms with Crippen LogP contribution < -0.4 is 10.2 Å². The summed E-state index contributed by atoms with van der Waals surface area (Å²) in [7, 11) is 0. The molecule has 0 spiro atoms. The number of carbonyl (C=O) groups is 2. The molecular formula is C23H30N4O2S. The molecule has 0 radical (unpaired) electrons. The summed E-state index contributed by atoms with van der Waals surface area (Å²) in [6, 6.07) is 11.8. The molecule has 7 heteroatoms. The normalized spacial score (nSPS) is 17.5. The van der Waals surface area contributed by atoms with Crippen LogP contribution in [0.15, 0.2) is 47.6 Å². The number of hydrogen-bond acceptors (Lipinski definition) is 4. The van der Waals surface area contributed by atoms with E-state index in [1.807, 2.05) is 42.6 Å². The van der Waals surface area contributed by atoms with Gasteiger partial charge in [-0.1, -0.05) is 36.7 Å². The maximum absolute atomic E-state index is 12.9. The summed E-state index contributed by atoms with van der Waals surface area (Å²) in [5, 5.41) is 4.05. The number of hydrogen-bond donors (Lipinski definition) is 1. The van der Waals surface area contributed by atoms with Crippen molar-refractivity contribution in [3.63, 3.8) is 0 Å². The molecule has 0 atom stereocenters. The largest absolute Gasteiger partial charge is 0.355 e. The van der Waals surface area contributed by atoms with Crippen LogP contribution in [0, 0.1) is 0 Å². The summed E-state index contributed by atoms with van der Waals surface area (Å²) in [6.45, 7) is 4.07. The number of aromatic nitrogens is 1. The summed E-state index contributed by atoms with van der Waals surface area (Å²) in [4.78, 5) is 29.6. The lowest BCUT2D eigenvalue weighted by molar-refractivity contribution is -0.122. The highest BCUT2D eigenvalue weighted by Crippen LogP contribution is 2.32. The van der Waals surface area contributed by atoms with Crippen molar-refractivity contribution < 1.29 is 9.59 Å². The second kappa shape index (κ2) is 10.2. The molecule has 1 fully saturated rings. The van der Waals surface area contributed by atoms with Gasteiger partial charge in [-0.05, 0) is 63.2 Å². The highest BCUT2D eigenvalue weighted by atomic mass is 32.2. The van der Waals surface area contributed by atoms with Crippen molar-refractivity contribution in [2.45, 2.75) is 37.1 Å². The van der Waals surface area contributed by atoms with Gasteiger partial charge in [-0.25, -0.2) is 0 Å². The zero-order valence-electron chi connectivity index (χ0n) is 17.4. The third-order valence-corrected chi connectivity index (χ3v) is 6.78. The first kappa shape index (κ1) is 21.0. The van der Waals surface area contributed by atoms with Gasteiger partial charge in [-0.3, -0.25) is 9.59 Å². The molecule has 1 saturated heterocycles. The molecule has 0 unspecified atom stereocenters. The lowest BCUT2D eigenvalue weighted by atomic mass is 10.2. The third kappa shape index (κ3) is 5.08. The predicted molar refractivity (Wildman–Crippen MR) is 121 cm³/mol. The van der Waals surface area contributed by atoms with Crippen LogP contribution in [0.5, 0.6) is 0 Å². The van der Waals surface area contributed by atoms with E-state index in [9.17, 15) is 9.59 Å². The Balaban J connectivity index is 1.36. The van der Waals surface area contributed by atoms with Crippen LogP contribution in [0.25, 0.3) is 5.69 Å². The number of carbonyl (C=O) groups excluding carboxylic acids is 2. The fourth-order valence-corrected chi connectivity index (χ4v) is 5.09. The van der Waals surface area contributed by atoms with Gasteiger partial charge in [0.25, 0.3) is 0 Å². The SMILES string of the molecule is O=C(CN1C(=O)CSc2cccn2-c2ccccc21)NCCCN1CCCCCC1. The maximum atomic E-state index is 12.9. The summed E-state index contributed by atoms with van der Waals surface area (Å²) >= 11 is 1.51. The van der Waals surface area contributed by atoms with Crippen molar-refractivity contribution >= 4 is 29.3 Å². The van der Waals surface area contributed by atoms with E-state index in [1.165, 1.54) is 50.5 Å². The fraction of sp³-hybridized carbons (Fsp3) is 0.478. The summed E-state index contributed by atoms with van der Waals surface area (Å²) < 4.78 is 2.08. The van der Waals surface area contributed by atoms with Crippen LogP contribution in [-0.2, 0) is 9.59 Å². The molecular weight excluding hydrogens is 396 g/mol. The van der Waals surface area contributed by atoms with Crippen molar-refractivity contribution in [2.75, 3.05) is 43.4 Å². The standard InChI is InChI=1S/C23H30N4O2S/c28-21(24-12-8-15-25-13-5-1-2-6-14-25)17-27-20-10-4-3-9-19(20)26-16-7-11-23(26)30-18-22(27)29/h3-4,7,9-11,16H,1-2,5-6,8,12-15,17-18H2,(H,24,28). The molecule has 1 aromatic heterocycles. The quantitative estimate of drug-likeness (QED) is 0.720. The van der Waals surface area contributed by atoms with Crippen molar-refractivity contribution in [3.8, 4) is 5.69 Å². The van der Waals surface area contributed by atoms with E-state index in [1.54, 1.807) is 4.90 Å².